The van der Waals surface area contributed by atoms with Crippen LogP contribution in [-0.2, 0) is 9.09 Å². The van der Waals surface area contributed by atoms with Gasteiger partial charge in [0.15, 0.2) is 5.11 Å². The number of hydrogen-bond acceptors (Lipinski definition) is 4. The first-order valence-electron chi connectivity index (χ1n) is 4.14. The fourth-order valence-corrected chi connectivity index (χ4v) is 2.86. The van der Waals surface area contributed by atoms with Gasteiger partial charge < -0.3 is 4.90 Å². The molecule has 1 heterocycles. The molecule has 0 bridgehead atoms. The van der Waals surface area contributed by atoms with E-state index < -0.39 is 7.67 Å². The second-order valence-corrected chi connectivity index (χ2v) is 5.09. The predicted octanol–water partition coefficient (Wildman–Crippen LogP) is 0.868. The lowest BCUT2D eigenvalue weighted by molar-refractivity contribution is 0.326. The molecule has 0 aliphatic carbocycles. The summed E-state index contributed by atoms with van der Waals surface area (Å²) in [4.78, 5) is 1.87. The SMILES string of the molecule is CCOP(=O)(NC=S)NC(=S)N1CC1. The molecular formula is C6H12N3O2PS2. The van der Waals surface area contributed by atoms with E-state index in [1.165, 1.54) is 0 Å². The molecule has 5 nitrogen and oxygen atoms in total. The van der Waals surface area contributed by atoms with Crippen LogP contribution >= 0.6 is 32.1 Å². The van der Waals surface area contributed by atoms with Gasteiger partial charge in [-0.05, 0) is 19.1 Å². The Kier molecular flexibility index (Phi) is 4.25. The molecule has 0 aromatic rings. The zero-order valence-electron chi connectivity index (χ0n) is 7.73. The standard InChI is InChI=1S/C6H12N3O2PS2/c1-2-11-12(10,7-5-13)8-6(14)9-3-4-9/h5H,2-4H2,1H3,(H2,7,8,10,13,14). The van der Waals surface area contributed by atoms with E-state index in [1.807, 2.05) is 4.90 Å². The Morgan fingerprint density at radius 3 is 2.79 bits per heavy atom. The van der Waals surface area contributed by atoms with Gasteiger partial charge in [0.05, 0.1) is 12.1 Å². The van der Waals surface area contributed by atoms with Gasteiger partial charge in [-0.25, -0.2) is 4.57 Å². The zero-order chi connectivity index (χ0) is 10.6. The molecule has 80 valence electrons. The van der Waals surface area contributed by atoms with Crippen LogP contribution in [0.1, 0.15) is 6.92 Å². The van der Waals surface area contributed by atoms with E-state index in [0.29, 0.717) is 11.7 Å². The molecule has 14 heavy (non-hydrogen) atoms. The van der Waals surface area contributed by atoms with Crippen LogP contribution < -0.4 is 10.2 Å². The van der Waals surface area contributed by atoms with Crippen LogP contribution in [0.3, 0.4) is 0 Å². The van der Waals surface area contributed by atoms with Gasteiger partial charge >= 0.3 is 7.67 Å². The van der Waals surface area contributed by atoms with Gasteiger partial charge in [0.2, 0.25) is 0 Å². The first kappa shape index (κ1) is 11.8. The Bertz CT molecular complexity index is 282. The third-order valence-corrected chi connectivity index (χ3v) is 3.91. The summed E-state index contributed by atoms with van der Waals surface area (Å²) >= 11 is 9.55. The van der Waals surface area contributed by atoms with Crippen LogP contribution in [0.2, 0.25) is 0 Å². The molecule has 0 amide bonds. The first-order chi connectivity index (χ1) is 6.61. The summed E-state index contributed by atoms with van der Waals surface area (Å²) in [7, 11) is -3.13. The largest absolute Gasteiger partial charge is 0.393 e. The highest BCUT2D eigenvalue weighted by Crippen LogP contribution is 2.36. The van der Waals surface area contributed by atoms with Gasteiger partial charge in [-0.2, -0.15) is 0 Å². The quantitative estimate of drug-likeness (QED) is 0.428. The molecule has 1 aliphatic rings. The third-order valence-electron chi connectivity index (χ3n) is 1.51. The molecular weight excluding hydrogens is 241 g/mol. The van der Waals surface area contributed by atoms with E-state index in [1.54, 1.807) is 6.92 Å². The number of rotatable bonds is 5. The summed E-state index contributed by atoms with van der Waals surface area (Å²) in [6, 6.07) is 0. The van der Waals surface area contributed by atoms with Crippen molar-refractivity contribution >= 4 is 42.7 Å². The van der Waals surface area contributed by atoms with Crippen molar-refractivity contribution in [1.29, 1.82) is 0 Å². The summed E-state index contributed by atoms with van der Waals surface area (Å²) in [6.45, 7) is 3.87. The molecule has 0 aromatic heterocycles. The van der Waals surface area contributed by atoms with Crippen molar-refractivity contribution in [3.63, 3.8) is 0 Å². The van der Waals surface area contributed by atoms with E-state index in [2.05, 4.69) is 22.4 Å². The average molecular weight is 253 g/mol. The Balaban J connectivity index is 2.52. The molecule has 1 unspecified atom stereocenters. The van der Waals surface area contributed by atoms with Crippen LogP contribution in [0.15, 0.2) is 0 Å². The Morgan fingerprint density at radius 2 is 2.36 bits per heavy atom. The van der Waals surface area contributed by atoms with Crippen LogP contribution in [0.4, 0.5) is 0 Å². The molecule has 1 fully saturated rings. The van der Waals surface area contributed by atoms with Crippen molar-refractivity contribution in [2.24, 2.45) is 0 Å². The van der Waals surface area contributed by atoms with Gasteiger partial charge in [0, 0.05) is 13.1 Å². The summed E-state index contributed by atoms with van der Waals surface area (Å²) in [5.74, 6) is 0. The van der Waals surface area contributed by atoms with Gasteiger partial charge in [0.25, 0.3) is 0 Å². The Labute approximate surface area is 93.7 Å². The summed E-state index contributed by atoms with van der Waals surface area (Å²) in [5.41, 5.74) is 1.16. The van der Waals surface area contributed by atoms with Crippen molar-refractivity contribution in [3.8, 4) is 0 Å². The number of nitrogens with one attached hydrogen (secondary N) is 2. The molecule has 1 saturated heterocycles. The first-order valence-corrected chi connectivity index (χ1v) is 6.65. The van der Waals surface area contributed by atoms with E-state index in [-0.39, 0.29) is 0 Å². The van der Waals surface area contributed by atoms with E-state index in [4.69, 9.17) is 16.7 Å². The van der Waals surface area contributed by atoms with Crippen molar-refractivity contribution in [3.05, 3.63) is 0 Å². The second-order valence-electron chi connectivity index (χ2n) is 2.62. The zero-order valence-corrected chi connectivity index (χ0v) is 10.3. The van der Waals surface area contributed by atoms with Gasteiger partial charge in [-0.15, -0.1) is 0 Å². The summed E-state index contributed by atoms with van der Waals surface area (Å²) in [5, 5.41) is 5.55. The average Bonchev–Trinajstić information content (AvgIpc) is 2.85. The number of nitrogens with zero attached hydrogens (tertiary/aromatic N) is 1. The lowest BCUT2D eigenvalue weighted by Gasteiger charge is -2.19. The molecule has 0 aromatic carbocycles. The number of thiocarbonyl (C=S) groups is 2. The predicted molar refractivity (Wildman–Crippen MR) is 63.3 cm³/mol. The molecule has 1 aliphatic heterocycles. The van der Waals surface area contributed by atoms with E-state index in [0.717, 1.165) is 18.6 Å². The highest BCUT2D eigenvalue weighted by molar-refractivity contribution is 7.81. The molecule has 8 heteroatoms. The van der Waals surface area contributed by atoms with E-state index in [9.17, 15) is 4.57 Å². The highest BCUT2D eigenvalue weighted by atomic mass is 32.1. The monoisotopic (exact) mass is 253 g/mol. The molecule has 0 saturated carbocycles. The lowest BCUT2D eigenvalue weighted by atomic mass is 10.9. The third kappa shape index (κ3) is 3.49. The second kappa shape index (κ2) is 5.02. The summed E-state index contributed by atoms with van der Waals surface area (Å²) < 4.78 is 16.9. The van der Waals surface area contributed by atoms with Gasteiger partial charge in [-0.1, -0.05) is 12.2 Å². The van der Waals surface area contributed by atoms with Crippen LogP contribution in [-0.4, -0.2) is 35.2 Å². The summed E-state index contributed by atoms with van der Waals surface area (Å²) in [6.07, 6.45) is 0. The fourth-order valence-electron chi connectivity index (χ4n) is 0.803. The van der Waals surface area contributed by atoms with Crippen LogP contribution in [0.25, 0.3) is 0 Å². The maximum Gasteiger partial charge on any atom is 0.393 e. The molecule has 2 N–H and O–H groups in total. The molecule has 1 atom stereocenters. The van der Waals surface area contributed by atoms with Crippen molar-refractivity contribution in [2.75, 3.05) is 19.7 Å². The van der Waals surface area contributed by atoms with Gasteiger partial charge in [-0.3, -0.25) is 14.7 Å². The topological polar surface area (TPSA) is 53.4 Å². The lowest BCUT2D eigenvalue weighted by Crippen LogP contribution is -2.31. The van der Waals surface area contributed by atoms with Crippen LogP contribution in [0.5, 0.6) is 0 Å². The number of hydrogen-bond donors (Lipinski definition) is 2. The highest BCUT2D eigenvalue weighted by Gasteiger charge is 2.28. The minimum Gasteiger partial charge on any atom is -0.345 e. The smallest absolute Gasteiger partial charge is 0.345 e. The minimum absolute atomic E-state index is 0.322. The van der Waals surface area contributed by atoms with Gasteiger partial charge in [0.1, 0.15) is 0 Å². The maximum atomic E-state index is 11.9. The molecule has 0 spiro atoms. The fraction of sp³-hybridized carbons (Fsp3) is 0.667. The Morgan fingerprint density at radius 1 is 1.71 bits per heavy atom. The molecule has 0 radical (unpaired) electrons. The Hall–Kier alpha value is -0.230. The molecule has 1 rings (SSSR count). The van der Waals surface area contributed by atoms with Crippen LogP contribution in [0, 0.1) is 0 Å². The minimum atomic E-state index is -3.13. The van der Waals surface area contributed by atoms with Crippen molar-refractivity contribution < 1.29 is 9.09 Å². The maximum absolute atomic E-state index is 11.9. The van der Waals surface area contributed by atoms with Crippen molar-refractivity contribution in [2.45, 2.75) is 6.92 Å². The van der Waals surface area contributed by atoms with E-state index >= 15 is 0 Å². The normalized spacial score (nSPS) is 18.2. The van der Waals surface area contributed by atoms with Crippen molar-refractivity contribution in [1.82, 2.24) is 15.1 Å².